The predicted octanol–water partition coefficient (Wildman–Crippen LogP) is 9.62. The third-order valence-corrected chi connectivity index (χ3v) is 8.46. The van der Waals surface area contributed by atoms with E-state index in [-0.39, 0.29) is 11.2 Å². The number of rotatable bonds is 14. The largest absolute Gasteiger partial charge is 0.369 e. The van der Waals surface area contributed by atoms with Crippen molar-refractivity contribution in [3.63, 3.8) is 0 Å². The smallest absolute Gasteiger partial charge is 0.0690 e. The van der Waals surface area contributed by atoms with Gasteiger partial charge in [-0.2, -0.15) is 0 Å². The van der Waals surface area contributed by atoms with E-state index < -0.39 is 0 Å². The van der Waals surface area contributed by atoms with Crippen molar-refractivity contribution >= 4 is 0 Å². The lowest BCUT2D eigenvalue weighted by Crippen LogP contribution is -2.50. The van der Waals surface area contributed by atoms with Crippen molar-refractivity contribution in [2.45, 2.75) is 167 Å². The molecule has 0 saturated heterocycles. The van der Waals surface area contributed by atoms with E-state index in [1.54, 1.807) is 0 Å². The Hall–Kier alpha value is -0.0400. The van der Waals surface area contributed by atoms with Crippen molar-refractivity contribution < 1.29 is 4.74 Å². The number of unbranched alkanes of at least 4 members (excludes halogenated alkanes) is 6. The second-order valence-corrected chi connectivity index (χ2v) is 11.0. The maximum atomic E-state index is 7.46. The molecule has 29 heavy (non-hydrogen) atoms. The van der Waals surface area contributed by atoms with Crippen molar-refractivity contribution in [3.8, 4) is 0 Å². The molecule has 2 aliphatic rings. The van der Waals surface area contributed by atoms with Crippen molar-refractivity contribution in [2.24, 2.45) is 11.8 Å². The minimum atomic E-state index is 0.102. The summed E-state index contributed by atoms with van der Waals surface area (Å²) in [7, 11) is 0. The summed E-state index contributed by atoms with van der Waals surface area (Å²) in [6, 6.07) is 0. The molecule has 1 nitrogen and oxygen atoms in total. The summed E-state index contributed by atoms with van der Waals surface area (Å²) in [5.74, 6) is 1.58. The van der Waals surface area contributed by atoms with Gasteiger partial charge in [-0.15, -0.1) is 0 Å². The van der Waals surface area contributed by atoms with Crippen LogP contribution < -0.4 is 0 Å². The number of ether oxygens (including phenoxy) is 1. The van der Waals surface area contributed by atoms with Crippen LogP contribution in [0.1, 0.15) is 156 Å². The van der Waals surface area contributed by atoms with Gasteiger partial charge < -0.3 is 4.74 Å². The van der Waals surface area contributed by atoms with Crippen molar-refractivity contribution in [1.29, 1.82) is 0 Å². The molecule has 172 valence electrons. The number of hydrogen-bond acceptors (Lipinski definition) is 1. The van der Waals surface area contributed by atoms with Gasteiger partial charge in [0.15, 0.2) is 0 Å². The molecular formula is C28H54O. The van der Waals surface area contributed by atoms with Crippen LogP contribution in [0.2, 0.25) is 0 Å². The van der Waals surface area contributed by atoms with Gasteiger partial charge in [-0.3, -0.25) is 0 Å². The van der Waals surface area contributed by atoms with Gasteiger partial charge in [-0.05, 0) is 64.2 Å². The van der Waals surface area contributed by atoms with E-state index in [2.05, 4.69) is 27.7 Å². The first-order valence-corrected chi connectivity index (χ1v) is 13.7. The van der Waals surface area contributed by atoms with E-state index in [4.69, 9.17) is 4.74 Å². The maximum absolute atomic E-state index is 7.46. The minimum Gasteiger partial charge on any atom is -0.369 e. The Morgan fingerprint density at radius 1 is 0.552 bits per heavy atom. The van der Waals surface area contributed by atoms with E-state index >= 15 is 0 Å². The third-order valence-electron chi connectivity index (χ3n) is 8.46. The zero-order valence-electron chi connectivity index (χ0n) is 20.7. The highest BCUT2D eigenvalue weighted by Crippen LogP contribution is 2.46. The Labute approximate surface area is 184 Å². The molecule has 2 atom stereocenters. The molecule has 0 radical (unpaired) electrons. The maximum Gasteiger partial charge on any atom is 0.0690 e. The van der Waals surface area contributed by atoms with Crippen molar-refractivity contribution in [2.75, 3.05) is 0 Å². The highest BCUT2D eigenvalue weighted by Gasteiger charge is 2.44. The lowest BCUT2D eigenvalue weighted by atomic mass is 9.72. The Kier molecular flexibility index (Phi) is 11.6. The van der Waals surface area contributed by atoms with Gasteiger partial charge in [-0.25, -0.2) is 0 Å². The van der Waals surface area contributed by atoms with Crippen LogP contribution in [0.4, 0.5) is 0 Å². The van der Waals surface area contributed by atoms with E-state index in [0.29, 0.717) is 0 Å². The third kappa shape index (κ3) is 8.19. The molecule has 0 bridgehead atoms. The highest BCUT2D eigenvalue weighted by atomic mass is 16.5. The summed E-state index contributed by atoms with van der Waals surface area (Å²) >= 11 is 0. The summed E-state index contributed by atoms with van der Waals surface area (Å²) in [5, 5.41) is 0. The normalized spacial score (nSPS) is 23.6. The highest BCUT2D eigenvalue weighted by molar-refractivity contribution is 4.94. The Balaban J connectivity index is 2.12. The summed E-state index contributed by atoms with van der Waals surface area (Å²) in [4.78, 5) is 0. The van der Waals surface area contributed by atoms with Crippen molar-refractivity contribution in [1.82, 2.24) is 0 Å². The van der Waals surface area contributed by atoms with Gasteiger partial charge in [-0.1, -0.05) is 104 Å². The molecule has 2 aliphatic carbocycles. The van der Waals surface area contributed by atoms with Crippen LogP contribution >= 0.6 is 0 Å². The second kappa shape index (κ2) is 13.4. The molecule has 0 aromatic heterocycles. The summed E-state index contributed by atoms with van der Waals surface area (Å²) in [5.41, 5.74) is 0.205. The first kappa shape index (κ1) is 25.2. The van der Waals surface area contributed by atoms with Crippen LogP contribution in [0.15, 0.2) is 0 Å². The first-order chi connectivity index (χ1) is 14.0. The Morgan fingerprint density at radius 3 is 1.28 bits per heavy atom. The first-order valence-electron chi connectivity index (χ1n) is 13.7. The summed E-state index contributed by atoms with van der Waals surface area (Å²) in [6.07, 6.45) is 27.7. The Bertz CT molecular complexity index is 369. The molecule has 1 heteroatoms. The fraction of sp³-hybridized carbons (Fsp3) is 1.00. The second-order valence-electron chi connectivity index (χ2n) is 11.0. The molecule has 0 aromatic carbocycles. The van der Waals surface area contributed by atoms with Crippen molar-refractivity contribution in [3.05, 3.63) is 0 Å². The molecule has 0 aromatic rings. The van der Waals surface area contributed by atoms with Crippen LogP contribution in [0.3, 0.4) is 0 Å². The van der Waals surface area contributed by atoms with E-state index in [0.717, 1.165) is 11.8 Å². The zero-order valence-corrected chi connectivity index (χ0v) is 20.7. The van der Waals surface area contributed by atoms with Gasteiger partial charge >= 0.3 is 0 Å². The molecule has 0 spiro atoms. The van der Waals surface area contributed by atoms with Crippen LogP contribution in [0.25, 0.3) is 0 Å². The molecule has 2 fully saturated rings. The molecule has 2 saturated carbocycles. The van der Waals surface area contributed by atoms with Crippen LogP contribution in [0, 0.1) is 11.8 Å². The monoisotopic (exact) mass is 406 g/mol. The Morgan fingerprint density at radius 2 is 0.931 bits per heavy atom. The van der Waals surface area contributed by atoms with E-state index in [1.807, 2.05) is 0 Å². The van der Waals surface area contributed by atoms with Crippen LogP contribution in [0.5, 0.6) is 0 Å². The zero-order chi connectivity index (χ0) is 21.0. The minimum absolute atomic E-state index is 0.102. The van der Waals surface area contributed by atoms with Crippen LogP contribution in [-0.2, 0) is 4.74 Å². The standard InChI is InChI=1S/C28H54O/c1-5-7-9-17-23-27(3,25-19-13-11-14-20-25)29-28(4,24-18-10-8-6-2)26-21-15-12-16-22-26/h25-26H,5-24H2,1-4H3. The van der Waals surface area contributed by atoms with Gasteiger partial charge in [0.05, 0.1) is 11.2 Å². The summed E-state index contributed by atoms with van der Waals surface area (Å²) in [6.45, 7) is 9.71. The quantitative estimate of drug-likeness (QED) is 0.261. The fourth-order valence-corrected chi connectivity index (χ4v) is 6.44. The molecule has 0 amide bonds. The van der Waals surface area contributed by atoms with E-state index in [1.165, 1.54) is 128 Å². The molecule has 2 rings (SSSR count). The lowest BCUT2D eigenvalue weighted by Gasteiger charge is -2.50. The summed E-state index contributed by atoms with van der Waals surface area (Å²) < 4.78 is 7.46. The molecule has 0 N–H and O–H groups in total. The van der Waals surface area contributed by atoms with Gasteiger partial charge in [0, 0.05) is 0 Å². The molecule has 0 heterocycles. The SMILES string of the molecule is CCCCCCC(C)(OC(C)(CCCCCC)C1CCCCC1)C1CCCCC1. The predicted molar refractivity (Wildman–Crippen MR) is 129 cm³/mol. The van der Waals surface area contributed by atoms with Crippen LogP contribution in [-0.4, -0.2) is 11.2 Å². The van der Waals surface area contributed by atoms with Gasteiger partial charge in [0.1, 0.15) is 0 Å². The fourth-order valence-electron chi connectivity index (χ4n) is 6.44. The average Bonchev–Trinajstić information content (AvgIpc) is 2.76. The molecule has 2 unspecified atom stereocenters. The molecule has 0 aliphatic heterocycles. The molecular weight excluding hydrogens is 352 g/mol. The van der Waals surface area contributed by atoms with Gasteiger partial charge in [0.25, 0.3) is 0 Å². The topological polar surface area (TPSA) is 9.23 Å². The number of hydrogen-bond donors (Lipinski definition) is 0. The lowest BCUT2D eigenvalue weighted by molar-refractivity contribution is -0.205. The average molecular weight is 407 g/mol. The van der Waals surface area contributed by atoms with E-state index in [9.17, 15) is 0 Å². The van der Waals surface area contributed by atoms with Gasteiger partial charge in [0.2, 0.25) is 0 Å².